The van der Waals surface area contributed by atoms with E-state index in [0.29, 0.717) is 12.6 Å². The minimum absolute atomic E-state index is 0.117. The van der Waals surface area contributed by atoms with Crippen LogP contribution in [-0.4, -0.2) is 32.0 Å². The summed E-state index contributed by atoms with van der Waals surface area (Å²) in [5.74, 6) is 0. The largest absolute Gasteiger partial charge is 0.411 e. The lowest BCUT2D eigenvalue weighted by molar-refractivity contribution is -0.173. The number of hydrogen-bond acceptors (Lipinski definition) is 2. The fourth-order valence-electron chi connectivity index (χ4n) is 1.67. The monoisotopic (exact) mass is 255 g/mol. The van der Waals surface area contributed by atoms with E-state index in [1.807, 2.05) is 0 Å². The van der Waals surface area contributed by atoms with Crippen LogP contribution in [0.5, 0.6) is 0 Å². The molecule has 0 aromatic heterocycles. The van der Waals surface area contributed by atoms with Crippen LogP contribution in [-0.2, 0) is 4.74 Å². The summed E-state index contributed by atoms with van der Waals surface area (Å²) in [5, 5.41) is 3.25. The lowest BCUT2D eigenvalue weighted by Crippen LogP contribution is -2.32. The van der Waals surface area contributed by atoms with Crippen LogP contribution in [0.1, 0.15) is 46.0 Å². The molecule has 0 saturated carbocycles. The Labute approximate surface area is 102 Å². The van der Waals surface area contributed by atoms with Crippen LogP contribution in [0.3, 0.4) is 0 Å². The molecule has 0 aliphatic carbocycles. The van der Waals surface area contributed by atoms with Crippen LogP contribution in [0, 0.1) is 0 Å². The standard InChI is InChI=1S/C12H24F3NO/c1-3-5-7-11(6-4-2)16-8-9-17-10-12(13,14)15/h11,16H,3-10H2,1-2H3. The van der Waals surface area contributed by atoms with Crippen LogP contribution in [0.15, 0.2) is 0 Å². The molecule has 0 aliphatic rings. The van der Waals surface area contributed by atoms with Gasteiger partial charge in [-0.15, -0.1) is 0 Å². The highest BCUT2D eigenvalue weighted by Crippen LogP contribution is 2.14. The molecule has 5 heteroatoms. The number of ether oxygens (including phenoxy) is 1. The summed E-state index contributed by atoms with van der Waals surface area (Å²) in [7, 11) is 0. The Morgan fingerprint density at radius 3 is 2.35 bits per heavy atom. The summed E-state index contributed by atoms with van der Waals surface area (Å²) in [6.07, 6.45) is 1.33. The second-order valence-electron chi connectivity index (χ2n) is 4.25. The van der Waals surface area contributed by atoms with Gasteiger partial charge in [-0.3, -0.25) is 0 Å². The normalized spacial score (nSPS) is 13.9. The second kappa shape index (κ2) is 9.71. The molecule has 0 aromatic rings. The molecule has 104 valence electrons. The summed E-state index contributed by atoms with van der Waals surface area (Å²) in [6.45, 7) is 3.70. The molecule has 0 saturated heterocycles. The quantitative estimate of drug-likeness (QED) is 0.603. The van der Waals surface area contributed by atoms with Crippen LogP contribution in [0.4, 0.5) is 13.2 Å². The summed E-state index contributed by atoms with van der Waals surface area (Å²) >= 11 is 0. The van der Waals surface area contributed by atoms with E-state index in [9.17, 15) is 13.2 Å². The first-order valence-electron chi connectivity index (χ1n) is 6.37. The number of rotatable bonds is 10. The molecule has 0 spiro atoms. The van der Waals surface area contributed by atoms with Gasteiger partial charge in [0.05, 0.1) is 6.61 Å². The molecule has 1 N–H and O–H groups in total. The first-order chi connectivity index (χ1) is 7.99. The SMILES string of the molecule is CCCCC(CCC)NCCOCC(F)(F)F. The van der Waals surface area contributed by atoms with Crippen molar-refractivity contribution < 1.29 is 17.9 Å². The molecular formula is C12H24F3NO. The van der Waals surface area contributed by atoms with Crippen molar-refractivity contribution in [3.63, 3.8) is 0 Å². The Hall–Kier alpha value is -0.290. The van der Waals surface area contributed by atoms with Crippen molar-refractivity contribution in [1.29, 1.82) is 0 Å². The van der Waals surface area contributed by atoms with Gasteiger partial charge in [0.1, 0.15) is 6.61 Å². The first-order valence-corrected chi connectivity index (χ1v) is 6.37. The topological polar surface area (TPSA) is 21.3 Å². The fraction of sp³-hybridized carbons (Fsp3) is 1.00. The van der Waals surface area contributed by atoms with E-state index in [2.05, 4.69) is 23.9 Å². The number of nitrogens with one attached hydrogen (secondary N) is 1. The Morgan fingerprint density at radius 1 is 1.12 bits per heavy atom. The highest BCUT2D eigenvalue weighted by molar-refractivity contribution is 4.65. The summed E-state index contributed by atoms with van der Waals surface area (Å²) in [4.78, 5) is 0. The number of halogens is 3. The molecule has 0 aromatic carbocycles. The third-order valence-corrected chi connectivity index (χ3v) is 2.49. The van der Waals surface area contributed by atoms with Gasteiger partial charge in [-0.05, 0) is 12.8 Å². The van der Waals surface area contributed by atoms with Gasteiger partial charge in [-0.1, -0.05) is 33.1 Å². The van der Waals surface area contributed by atoms with Gasteiger partial charge < -0.3 is 10.1 Å². The molecule has 1 atom stereocenters. The van der Waals surface area contributed by atoms with Gasteiger partial charge in [0.2, 0.25) is 0 Å². The van der Waals surface area contributed by atoms with Crippen molar-refractivity contribution >= 4 is 0 Å². The maximum atomic E-state index is 11.8. The first kappa shape index (κ1) is 16.7. The van der Waals surface area contributed by atoms with Gasteiger partial charge in [-0.2, -0.15) is 13.2 Å². The molecular weight excluding hydrogens is 231 g/mol. The fourth-order valence-corrected chi connectivity index (χ4v) is 1.67. The zero-order chi connectivity index (χ0) is 13.1. The van der Waals surface area contributed by atoms with Crippen LogP contribution < -0.4 is 5.32 Å². The van der Waals surface area contributed by atoms with Gasteiger partial charge in [0.15, 0.2) is 0 Å². The number of alkyl halides is 3. The van der Waals surface area contributed by atoms with Crippen molar-refractivity contribution in [2.24, 2.45) is 0 Å². The summed E-state index contributed by atoms with van der Waals surface area (Å²) in [6, 6.07) is 0.412. The minimum atomic E-state index is -4.22. The van der Waals surface area contributed by atoms with Crippen LogP contribution in [0.2, 0.25) is 0 Å². The van der Waals surface area contributed by atoms with Crippen molar-refractivity contribution in [1.82, 2.24) is 5.32 Å². The molecule has 2 nitrogen and oxygen atoms in total. The average Bonchev–Trinajstić information content (AvgIpc) is 2.23. The van der Waals surface area contributed by atoms with Gasteiger partial charge in [0, 0.05) is 12.6 Å². The Balaban J connectivity index is 3.53. The van der Waals surface area contributed by atoms with Gasteiger partial charge in [-0.25, -0.2) is 0 Å². The molecule has 1 unspecified atom stereocenters. The van der Waals surface area contributed by atoms with Crippen molar-refractivity contribution in [2.45, 2.75) is 58.2 Å². The third-order valence-electron chi connectivity index (χ3n) is 2.49. The molecule has 0 heterocycles. The maximum Gasteiger partial charge on any atom is 0.411 e. The Bertz CT molecular complexity index is 174. The molecule has 0 radical (unpaired) electrons. The molecule has 0 bridgehead atoms. The van der Waals surface area contributed by atoms with Crippen molar-refractivity contribution in [3.05, 3.63) is 0 Å². The lowest BCUT2D eigenvalue weighted by Gasteiger charge is -2.18. The molecule has 0 aliphatic heterocycles. The highest BCUT2D eigenvalue weighted by atomic mass is 19.4. The number of hydrogen-bond donors (Lipinski definition) is 1. The van der Waals surface area contributed by atoms with E-state index in [-0.39, 0.29) is 6.61 Å². The number of unbranched alkanes of at least 4 members (excludes halogenated alkanes) is 1. The molecule has 0 amide bonds. The zero-order valence-corrected chi connectivity index (χ0v) is 10.8. The van der Waals surface area contributed by atoms with Crippen LogP contribution >= 0.6 is 0 Å². The second-order valence-corrected chi connectivity index (χ2v) is 4.25. The maximum absolute atomic E-state index is 11.8. The van der Waals surface area contributed by atoms with Crippen molar-refractivity contribution in [3.8, 4) is 0 Å². The smallest absolute Gasteiger partial charge is 0.371 e. The van der Waals surface area contributed by atoms with E-state index in [4.69, 9.17) is 0 Å². The molecule has 17 heavy (non-hydrogen) atoms. The minimum Gasteiger partial charge on any atom is -0.371 e. The van der Waals surface area contributed by atoms with Gasteiger partial charge in [0.25, 0.3) is 0 Å². The van der Waals surface area contributed by atoms with E-state index >= 15 is 0 Å². The zero-order valence-electron chi connectivity index (χ0n) is 10.8. The highest BCUT2D eigenvalue weighted by Gasteiger charge is 2.27. The average molecular weight is 255 g/mol. The van der Waals surface area contributed by atoms with Crippen LogP contribution in [0.25, 0.3) is 0 Å². The van der Waals surface area contributed by atoms with E-state index < -0.39 is 12.8 Å². The Kier molecular flexibility index (Phi) is 9.55. The van der Waals surface area contributed by atoms with E-state index in [0.717, 1.165) is 32.1 Å². The predicted octanol–water partition coefficient (Wildman–Crippen LogP) is 3.51. The van der Waals surface area contributed by atoms with Gasteiger partial charge >= 0.3 is 6.18 Å². The summed E-state index contributed by atoms with van der Waals surface area (Å²) in [5.41, 5.74) is 0. The van der Waals surface area contributed by atoms with Crippen molar-refractivity contribution in [2.75, 3.05) is 19.8 Å². The lowest BCUT2D eigenvalue weighted by atomic mass is 10.1. The molecule has 0 fully saturated rings. The molecule has 0 rings (SSSR count). The van der Waals surface area contributed by atoms with E-state index in [1.165, 1.54) is 0 Å². The Morgan fingerprint density at radius 2 is 1.82 bits per heavy atom. The predicted molar refractivity (Wildman–Crippen MR) is 63.1 cm³/mol. The third kappa shape index (κ3) is 12.0. The summed E-state index contributed by atoms with van der Waals surface area (Å²) < 4.78 is 39.9. The van der Waals surface area contributed by atoms with E-state index in [1.54, 1.807) is 0 Å².